The lowest BCUT2D eigenvalue weighted by Crippen LogP contribution is -2.40. The molecule has 0 saturated heterocycles. The van der Waals surface area contributed by atoms with Gasteiger partial charge in [-0.2, -0.15) is 0 Å². The number of carbonyl (C=O) groups excluding carboxylic acids is 3. The molecule has 0 aliphatic carbocycles. The van der Waals surface area contributed by atoms with Gasteiger partial charge in [0.2, 0.25) is 0 Å². The van der Waals surface area contributed by atoms with Crippen molar-refractivity contribution in [2.45, 2.75) is 39.2 Å². The standard InChI is InChI=1S/C21H29NO10/c1-6-11(2)19(25)30-10-12(3)16(17(22)18(23)24)13-7-8-14(31-20(26)28-4)15(9-13)32-21(27)29-5/h7-9,11-12,16-17H,6,10,22H2,1-5H3,(H,23,24)/t11?,12?,16?,17-/m0/s1. The van der Waals surface area contributed by atoms with Crippen LogP contribution in [0.15, 0.2) is 18.2 Å². The highest BCUT2D eigenvalue weighted by molar-refractivity contribution is 5.75. The summed E-state index contributed by atoms with van der Waals surface area (Å²) in [6, 6.07) is 2.69. The highest BCUT2D eigenvalue weighted by atomic mass is 16.7. The lowest BCUT2D eigenvalue weighted by molar-refractivity contribution is -0.149. The smallest absolute Gasteiger partial charge is 0.480 e. The van der Waals surface area contributed by atoms with E-state index in [0.717, 1.165) is 14.2 Å². The monoisotopic (exact) mass is 455 g/mol. The predicted molar refractivity (Wildman–Crippen MR) is 110 cm³/mol. The second-order valence-electron chi connectivity index (χ2n) is 7.12. The molecule has 0 saturated carbocycles. The van der Waals surface area contributed by atoms with Gasteiger partial charge in [-0.1, -0.05) is 26.8 Å². The minimum absolute atomic E-state index is 0.0809. The molecule has 0 aliphatic heterocycles. The Balaban J connectivity index is 3.31. The van der Waals surface area contributed by atoms with Crippen LogP contribution in [0.1, 0.15) is 38.7 Å². The maximum atomic E-state index is 12.0. The molecule has 0 aromatic heterocycles. The van der Waals surface area contributed by atoms with Gasteiger partial charge in [0.05, 0.1) is 26.7 Å². The zero-order valence-corrected chi connectivity index (χ0v) is 18.7. The fourth-order valence-electron chi connectivity index (χ4n) is 2.83. The molecular formula is C21H29NO10. The number of carbonyl (C=O) groups is 4. The number of hydrogen-bond donors (Lipinski definition) is 2. The Morgan fingerprint density at radius 3 is 2.06 bits per heavy atom. The normalized spacial score (nSPS) is 14.3. The molecule has 3 N–H and O–H groups in total. The number of benzene rings is 1. The van der Waals surface area contributed by atoms with Crippen LogP contribution in [0.4, 0.5) is 9.59 Å². The van der Waals surface area contributed by atoms with Crippen molar-refractivity contribution in [1.82, 2.24) is 0 Å². The van der Waals surface area contributed by atoms with Crippen LogP contribution in [0.5, 0.6) is 11.5 Å². The fourth-order valence-corrected chi connectivity index (χ4v) is 2.83. The molecule has 0 spiro atoms. The molecule has 11 heteroatoms. The second kappa shape index (κ2) is 12.5. The zero-order chi connectivity index (χ0) is 24.4. The van der Waals surface area contributed by atoms with Crippen LogP contribution in [-0.4, -0.2) is 56.2 Å². The number of aliphatic carboxylic acids is 1. The van der Waals surface area contributed by atoms with Gasteiger partial charge in [-0.05, 0) is 30.0 Å². The van der Waals surface area contributed by atoms with E-state index in [1.807, 2.05) is 6.92 Å². The van der Waals surface area contributed by atoms with Crippen LogP contribution < -0.4 is 15.2 Å². The molecule has 178 valence electrons. The second-order valence-corrected chi connectivity index (χ2v) is 7.12. The van der Waals surface area contributed by atoms with Gasteiger partial charge in [0.1, 0.15) is 6.04 Å². The summed E-state index contributed by atoms with van der Waals surface area (Å²) in [5.74, 6) is -3.73. The number of rotatable bonds is 10. The molecule has 0 fully saturated rings. The van der Waals surface area contributed by atoms with Crippen molar-refractivity contribution in [3.63, 3.8) is 0 Å². The van der Waals surface area contributed by atoms with Gasteiger partial charge in [0.15, 0.2) is 11.5 Å². The summed E-state index contributed by atoms with van der Waals surface area (Å²) in [6.45, 7) is 5.17. The minimum atomic E-state index is -1.37. The molecular weight excluding hydrogens is 426 g/mol. The highest BCUT2D eigenvalue weighted by Gasteiger charge is 2.33. The van der Waals surface area contributed by atoms with E-state index in [9.17, 15) is 24.3 Å². The molecule has 11 nitrogen and oxygen atoms in total. The number of carboxylic acids is 1. The van der Waals surface area contributed by atoms with Crippen LogP contribution in [-0.2, 0) is 23.8 Å². The van der Waals surface area contributed by atoms with E-state index in [1.54, 1.807) is 13.8 Å². The van der Waals surface area contributed by atoms with Crippen molar-refractivity contribution in [1.29, 1.82) is 0 Å². The molecule has 1 aromatic rings. The fraction of sp³-hybridized carbons (Fsp3) is 0.524. The van der Waals surface area contributed by atoms with E-state index in [2.05, 4.69) is 9.47 Å². The summed E-state index contributed by atoms with van der Waals surface area (Å²) in [7, 11) is 2.19. The van der Waals surface area contributed by atoms with Crippen molar-refractivity contribution in [3.8, 4) is 11.5 Å². The number of carboxylic acid groups (broad SMARTS) is 1. The number of esters is 1. The van der Waals surface area contributed by atoms with E-state index in [-0.39, 0.29) is 24.0 Å². The molecule has 0 heterocycles. The van der Waals surface area contributed by atoms with Crippen molar-refractivity contribution in [2.24, 2.45) is 17.6 Å². The van der Waals surface area contributed by atoms with Crippen molar-refractivity contribution >= 4 is 24.2 Å². The maximum Gasteiger partial charge on any atom is 0.513 e. The van der Waals surface area contributed by atoms with Gasteiger partial charge in [-0.3, -0.25) is 9.59 Å². The molecule has 0 bridgehead atoms. The topological polar surface area (TPSA) is 161 Å². The highest BCUT2D eigenvalue weighted by Crippen LogP contribution is 2.36. The average Bonchev–Trinajstić information content (AvgIpc) is 2.77. The summed E-state index contributed by atoms with van der Waals surface area (Å²) >= 11 is 0. The first-order valence-electron chi connectivity index (χ1n) is 9.86. The SMILES string of the molecule is CCC(C)C(=O)OCC(C)C(c1ccc(OC(=O)OC)c(OC(=O)OC)c1)[C@H](N)C(=O)O. The molecule has 0 radical (unpaired) electrons. The van der Waals surface area contributed by atoms with E-state index < -0.39 is 42.1 Å². The van der Waals surface area contributed by atoms with Gasteiger partial charge in [-0.15, -0.1) is 0 Å². The lowest BCUT2D eigenvalue weighted by atomic mass is 9.82. The van der Waals surface area contributed by atoms with Gasteiger partial charge < -0.3 is 34.5 Å². The van der Waals surface area contributed by atoms with Crippen LogP contribution in [0, 0.1) is 11.8 Å². The van der Waals surface area contributed by atoms with Crippen LogP contribution in [0.25, 0.3) is 0 Å². The Hall–Kier alpha value is -3.34. The van der Waals surface area contributed by atoms with Crippen molar-refractivity contribution < 1.29 is 48.0 Å². The predicted octanol–water partition coefficient (Wildman–Crippen LogP) is 2.70. The van der Waals surface area contributed by atoms with E-state index in [4.69, 9.17) is 19.9 Å². The Morgan fingerprint density at radius 2 is 1.56 bits per heavy atom. The third-order valence-electron chi connectivity index (χ3n) is 4.86. The number of hydrogen-bond acceptors (Lipinski definition) is 10. The van der Waals surface area contributed by atoms with E-state index in [0.29, 0.717) is 12.0 Å². The molecule has 0 aliphatic rings. The molecule has 0 amide bonds. The Labute approximate surface area is 185 Å². The van der Waals surface area contributed by atoms with Crippen molar-refractivity contribution in [2.75, 3.05) is 20.8 Å². The summed E-state index contributed by atoms with van der Waals surface area (Å²) in [6.07, 6.45) is -1.55. The van der Waals surface area contributed by atoms with Gasteiger partial charge >= 0.3 is 24.2 Å². The lowest BCUT2D eigenvalue weighted by Gasteiger charge is -2.28. The van der Waals surface area contributed by atoms with Crippen LogP contribution in [0.3, 0.4) is 0 Å². The van der Waals surface area contributed by atoms with Gasteiger partial charge in [-0.25, -0.2) is 9.59 Å². The first-order valence-corrected chi connectivity index (χ1v) is 9.86. The Bertz CT molecular complexity index is 825. The number of ether oxygens (including phenoxy) is 5. The summed E-state index contributed by atoms with van der Waals surface area (Å²) in [5, 5.41) is 9.50. The van der Waals surface area contributed by atoms with Crippen LogP contribution >= 0.6 is 0 Å². The molecule has 3 unspecified atom stereocenters. The van der Waals surface area contributed by atoms with Gasteiger partial charge in [0.25, 0.3) is 0 Å². The first-order chi connectivity index (χ1) is 15.0. The van der Waals surface area contributed by atoms with E-state index >= 15 is 0 Å². The third-order valence-corrected chi connectivity index (χ3v) is 4.86. The van der Waals surface area contributed by atoms with E-state index in [1.165, 1.54) is 18.2 Å². The first kappa shape index (κ1) is 26.7. The Kier molecular flexibility index (Phi) is 10.4. The molecule has 32 heavy (non-hydrogen) atoms. The summed E-state index contributed by atoms with van der Waals surface area (Å²) in [5.41, 5.74) is 6.28. The molecule has 4 atom stereocenters. The quantitative estimate of drug-likeness (QED) is 0.303. The summed E-state index contributed by atoms with van der Waals surface area (Å²) < 4.78 is 24.2. The third kappa shape index (κ3) is 7.41. The molecule has 1 aromatic carbocycles. The minimum Gasteiger partial charge on any atom is -0.480 e. The van der Waals surface area contributed by atoms with Crippen molar-refractivity contribution in [3.05, 3.63) is 23.8 Å². The largest absolute Gasteiger partial charge is 0.513 e. The molecule has 1 rings (SSSR count). The maximum absolute atomic E-state index is 12.0. The van der Waals surface area contributed by atoms with Crippen LogP contribution in [0.2, 0.25) is 0 Å². The Morgan fingerprint density at radius 1 is 1.00 bits per heavy atom. The number of methoxy groups -OCH3 is 2. The summed E-state index contributed by atoms with van der Waals surface area (Å²) in [4.78, 5) is 46.8. The number of nitrogens with two attached hydrogens (primary N) is 1. The average molecular weight is 455 g/mol. The zero-order valence-electron chi connectivity index (χ0n) is 18.7. The van der Waals surface area contributed by atoms with Gasteiger partial charge in [0, 0.05) is 5.92 Å².